The van der Waals surface area contributed by atoms with Gasteiger partial charge in [-0.3, -0.25) is 0 Å². The first-order chi connectivity index (χ1) is 50.1. The molecule has 0 N–H and O–H groups in total. The van der Waals surface area contributed by atoms with E-state index in [0.717, 1.165) is 11.4 Å². The Balaban J connectivity index is 0.874. The van der Waals surface area contributed by atoms with Crippen molar-refractivity contribution in [2.45, 2.75) is 0 Å². The van der Waals surface area contributed by atoms with E-state index in [2.05, 4.69) is 384 Å². The van der Waals surface area contributed by atoms with Crippen molar-refractivity contribution in [3.63, 3.8) is 0 Å². The van der Waals surface area contributed by atoms with Crippen LogP contribution in [0.5, 0.6) is 0 Å². The average Bonchev–Trinajstić information content (AvgIpc) is 1.59. The Morgan fingerprint density at radius 3 is 0.822 bits per heavy atom. The van der Waals surface area contributed by atoms with Gasteiger partial charge in [0.1, 0.15) is 0 Å². The zero-order valence-corrected chi connectivity index (χ0v) is 56.7. The van der Waals surface area contributed by atoms with Crippen LogP contribution in [0.15, 0.2) is 364 Å². The predicted octanol–water partition coefficient (Wildman–Crippen LogP) is 20.6. The molecule has 0 saturated carbocycles. The molecule has 6 heterocycles. The van der Waals surface area contributed by atoms with Crippen molar-refractivity contribution in [3.05, 3.63) is 364 Å². The van der Waals surface area contributed by atoms with Crippen LogP contribution in [0.2, 0.25) is 0 Å². The molecule has 16 aromatic rings. The number of anilines is 12. The standard InChI is InChI=1S/C94H60B2N4Se/c1-9-27-61(28-10-1)69-46-48-81-80(55-69)96-90-85(97(81)77-51-71(63-31-13-3-14-32-63)49-72(52-77)64-33-15-4-16-34-64)57-75(67-39-21-7-22-40-67)60-88(90)100-83-44-26-25-43-82(83)99-87-59-76(68-41-23-8-24-42-68)58-86-89(87)95(93-91(99)92(100)94(96)101-93)79-47-45-70(62-29-11-2-12-30-62)56-84(79)98(86)78-53-73(65-35-17-5-18-36-65)50-74(54-78)66-37-19-6-20-38-66/h1-60H. The van der Waals surface area contributed by atoms with Crippen LogP contribution in [0.1, 0.15) is 0 Å². The summed E-state index contributed by atoms with van der Waals surface area (Å²) in [5, 5.41) is 0. The van der Waals surface area contributed by atoms with E-state index in [1.807, 2.05) is 0 Å². The van der Waals surface area contributed by atoms with Gasteiger partial charge in [0.25, 0.3) is 0 Å². The molecule has 0 amide bonds. The third-order valence-corrected chi connectivity index (χ3v) is 24.2. The van der Waals surface area contributed by atoms with Crippen molar-refractivity contribution in [2.24, 2.45) is 0 Å². The quantitative estimate of drug-likeness (QED) is 0.127. The summed E-state index contributed by atoms with van der Waals surface area (Å²) in [4.78, 5) is 10.7. The first kappa shape index (κ1) is 57.7. The van der Waals surface area contributed by atoms with Gasteiger partial charge in [0.2, 0.25) is 0 Å². The van der Waals surface area contributed by atoms with Gasteiger partial charge < -0.3 is 0 Å². The van der Waals surface area contributed by atoms with Gasteiger partial charge in [0, 0.05) is 0 Å². The number of rotatable bonds is 10. The zero-order valence-electron chi connectivity index (χ0n) is 55.0. The van der Waals surface area contributed by atoms with Gasteiger partial charge in [0.15, 0.2) is 0 Å². The fraction of sp³-hybridized carbons (Fsp3) is 0. The van der Waals surface area contributed by atoms with Crippen molar-refractivity contribution < 1.29 is 0 Å². The predicted molar refractivity (Wildman–Crippen MR) is 428 cm³/mol. The molecule has 0 radical (unpaired) electrons. The molecule has 0 atom stereocenters. The molecule has 0 spiro atoms. The van der Waals surface area contributed by atoms with E-state index in [9.17, 15) is 0 Å². The number of benzene rings is 15. The van der Waals surface area contributed by atoms with E-state index in [4.69, 9.17) is 0 Å². The summed E-state index contributed by atoms with van der Waals surface area (Å²) in [5.41, 5.74) is 38.5. The molecule has 0 unspecified atom stereocenters. The molecule has 5 aliphatic rings. The first-order valence-corrected chi connectivity index (χ1v) is 36.6. The molecule has 1 aromatic heterocycles. The van der Waals surface area contributed by atoms with Crippen molar-refractivity contribution in [1.82, 2.24) is 0 Å². The van der Waals surface area contributed by atoms with Crippen LogP contribution in [-0.4, -0.2) is 27.9 Å². The third kappa shape index (κ3) is 9.18. The Bertz CT molecular complexity index is 5860. The Morgan fingerprint density at radius 2 is 0.455 bits per heavy atom. The molecule has 0 saturated heterocycles. The van der Waals surface area contributed by atoms with Gasteiger partial charge in [-0.15, -0.1) is 0 Å². The van der Waals surface area contributed by atoms with E-state index in [0.29, 0.717) is 0 Å². The van der Waals surface area contributed by atoms with Gasteiger partial charge in [-0.05, 0) is 0 Å². The molecule has 5 aliphatic heterocycles. The van der Waals surface area contributed by atoms with Crippen LogP contribution in [0.25, 0.3) is 89.0 Å². The fourth-order valence-corrected chi connectivity index (χ4v) is 20.2. The summed E-state index contributed by atoms with van der Waals surface area (Å²) in [7, 11) is 0. The number of hydrogen-bond donors (Lipinski definition) is 0. The van der Waals surface area contributed by atoms with Crippen LogP contribution in [0.4, 0.5) is 68.2 Å². The van der Waals surface area contributed by atoms with Gasteiger partial charge in [-0.1, -0.05) is 0 Å². The second-order valence-electron chi connectivity index (χ2n) is 27.1. The maximum atomic E-state index is 2.73. The van der Waals surface area contributed by atoms with E-state index >= 15 is 0 Å². The second kappa shape index (κ2) is 23.1. The number of hydrogen-bond acceptors (Lipinski definition) is 4. The molecule has 7 heteroatoms. The van der Waals surface area contributed by atoms with Crippen molar-refractivity contribution in [3.8, 4) is 89.0 Å². The molecule has 101 heavy (non-hydrogen) atoms. The summed E-state index contributed by atoms with van der Waals surface area (Å²) >= 11 is -0.195. The Labute approximate surface area is 595 Å². The summed E-state index contributed by atoms with van der Waals surface area (Å²) in [6, 6.07) is 137. The zero-order chi connectivity index (χ0) is 66.2. The third-order valence-electron chi connectivity index (χ3n) is 21.4. The van der Waals surface area contributed by atoms with Crippen molar-refractivity contribution in [2.75, 3.05) is 19.6 Å². The number of para-hydroxylation sites is 2. The van der Waals surface area contributed by atoms with E-state index in [1.165, 1.54) is 176 Å². The van der Waals surface area contributed by atoms with E-state index < -0.39 is 0 Å². The Morgan fingerprint density at radius 1 is 0.178 bits per heavy atom. The molecule has 0 aliphatic carbocycles. The SMILES string of the molecule is c1ccc(-c2cc(-c3ccccc3)cc(N3c4ccc(-c5ccccc5)cc4B4c5[se]c6c7c5N(c5ccccc5N7c5cc(-c7ccccc7)cc7c5B6c5ccc(-c6ccccc6)cc5N7c5cc(-c6ccccc6)cc(-c6ccccc6)c5)c5cc(-c6ccccc6)cc3c54)c2)cc1. The average molecular weight is 1350 g/mol. The molecule has 4 nitrogen and oxygen atoms in total. The molecular formula is C94H60B2N4Se. The first-order valence-electron chi connectivity index (χ1n) is 34.9. The van der Waals surface area contributed by atoms with Gasteiger partial charge in [0.05, 0.1) is 0 Å². The second-order valence-corrected chi connectivity index (χ2v) is 29.4. The van der Waals surface area contributed by atoms with Crippen LogP contribution in [0, 0.1) is 0 Å². The molecule has 0 fully saturated rings. The summed E-state index contributed by atoms with van der Waals surface area (Å²) in [6.45, 7) is -0.195. The molecule has 468 valence electrons. The minimum atomic E-state index is -0.195. The summed E-state index contributed by atoms with van der Waals surface area (Å²) in [6.07, 6.45) is 0. The minimum absolute atomic E-state index is 0.0921. The maximum absolute atomic E-state index is 2.73. The molecular weight excluding hydrogens is 1290 g/mol. The van der Waals surface area contributed by atoms with Crippen LogP contribution in [-0.2, 0) is 0 Å². The fourth-order valence-electron chi connectivity index (χ4n) is 17.0. The normalized spacial score (nSPS) is 13.0. The molecule has 0 bridgehead atoms. The van der Waals surface area contributed by atoms with Gasteiger partial charge >= 0.3 is 599 Å². The molecule has 21 rings (SSSR count). The van der Waals surface area contributed by atoms with Crippen molar-refractivity contribution in [1.29, 1.82) is 0 Å². The van der Waals surface area contributed by atoms with Crippen LogP contribution < -0.4 is 50.1 Å². The summed E-state index contributed by atoms with van der Waals surface area (Å²) < 4.78 is 2.98. The monoisotopic (exact) mass is 1350 g/mol. The van der Waals surface area contributed by atoms with Gasteiger partial charge in [-0.25, -0.2) is 0 Å². The Hall–Kier alpha value is -12.4. The van der Waals surface area contributed by atoms with Crippen LogP contribution in [0.3, 0.4) is 0 Å². The van der Waals surface area contributed by atoms with E-state index in [-0.39, 0.29) is 27.9 Å². The number of fused-ring (bicyclic) bond motifs is 11. The van der Waals surface area contributed by atoms with E-state index in [1.54, 1.807) is 0 Å². The Kier molecular flexibility index (Phi) is 13.2. The molecule has 15 aromatic carbocycles. The van der Waals surface area contributed by atoms with Crippen molar-refractivity contribution >= 4 is 127 Å². The topological polar surface area (TPSA) is 13.0 Å². The summed E-state index contributed by atoms with van der Waals surface area (Å²) in [5.74, 6) is 0. The van der Waals surface area contributed by atoms with Crippen LogP contribution >= 0.6 is 0 Å². The number of nitrogens with zero attached hydrogens (tertiary/aromatic N) is 4. The van der Waals surface area contributed by atoms with Gasteiger partial charge in [-0.2, -0.15) is 0 Å².